The van der Waals surface area contributed by atoms with Gasteiger partial charge in [-0.2, -0.15) is 0 Å². The van der Waals surface area contributed by atoms with Crippen LogP contribution in [0.3, 0.4) is 0 Å². The summed E-state index contributed by atoms with van der Waals surface area (Å²) in [5.74, 6) is 0.0462. The molecule has 10 heavy (non-hydrogen) atoms. The summed E-state index contributed by atoms with van der Waals surface area (Å²) < 4.78 is 0.632. The zero-order valence-electron chi connectivity index (χ0n) is 5.23. The Morgan fingerprint density at radius 2 is 2.30 bits per heavy atom. The SMILES string of the molecule is Cc1cc(Br)nc(Cl)c1O. The number of hydrogen-bond acceptors (Lipinski definition) is 2. The molecule has 0 spiro atoms. The lowest BCUT2D eigenvalue weighted by Crippen LogP contribution is -1.81. The van der Waals surface area contributed by atoms with Crippen LogP contribution in [0.15, 0.2) is 10.7 Å². The minimum Gasteiger partial charge on any atom is -0.505 e. The van der Waals surface area contributed by atoms with Gasteiger partial charge in [-0.1, -0.05) is 11.6 Å². The third kappa shape index (κ3) is 1.41. The molecule has 0 aliphatic heterocycles. The van der Waals surface area contributed by atoms with E-state index in [9.17, 15) is 0 Å². The number of hydrogen-bond donors (Lipinski definition) is 1. The van der Waals surface area contributed by atoms with Crippen LogP contribution < -0.4 is 0 Å². The van der Waals surface area contributed by atoms with Crippen LogP contribution in [0.25, 0.3) is 0 Å². The quantitative estimate of drug-likeness (QED) is 0.684. The molecule has 0 atom stereocenters. The van der Waals surface area contributed by atoms with E-state index in [1.165, 1.54) is 0 Å². The lowest BCUT2D eigenvalue weighted by Gasteiger charge is -1.99. The first-order chi connectivity index (χ1) is 4.61. The maximum atomic E-state index is 9.12. The summed E-state index contributed by atoms with van der Waals surface area (Å²) in [6.45, 7) is 1.76. The molecule has 1 heterocycles. The third-order valence-corrected chi connectivity index (χ3v) is 1.78. The van der Waals surface area contributed by atoms with E-state index < -0.39 is 0 Å². The van der Waals surface area contributed by atoms with Crippen molar-refractivity contribution in [1.29, 1.82) is 0 Å². The Morgan fingerprint density at radius 3 is 2.80 bits per heavy atom. The topological polar surface area (TPSA) is 33.1 Å². The fraction of sp³-hybridized carbons (Fsp3) is 0.167. The second kappa shape index (κ2) is 2.76. The highest BCUT2D eigenvalue weighted by Crippen LogP contribution is 2.26. The monoisotopic (exact) mass is 221 g/mol. The van der Waals surface area contributed by atoms with E-state index in [2.05, 4.69) is 20.9 Å². The average Bonchev–Trinajstić information content (AvgIpc) is 1.82. The van der Waals surface area contributed by atoms with Crippen LogP contribution in [-0.4, -0.2) is 10.1 Å². The number of halogens is 2. The number of aryl methyl sites for hydroxylation is 1. The summed E-state index contributed by atoms with van der Waals surface area (Å²) >= 11 is 8.67. The van der Waals surface area contributed by atoms with Crippen molar-refractivity contribution in [2.75, 3.05) is 0 Å². The molecule has 54 valence electrons. The highest BCUT2D eigenvalue weighted by Gasteiger charge is 2.03. The molecule has 0 unspecified atom stereocenters. The van der Waals surface area contributed by atoms with Crippen molar-refractivity contribution >= 4 is 27.5 Å². The molecule has 0 fully saturated rings. The first kappa shape index (κ1) is 7.82. The molecular formula is C6H5BrClNO. The predicted molar refractivity (Wildman–Crippen MR) is 43.3 cm³/mol. The van der Waals surface area contributed by atoms with E-state index >= 15 is 0 Å². The highest BCUT2D eigenvalue weighted by molar-refractivity contribution is 9.10. The van der Waals surface area contributed by atoms with Crippen molar-refractivity contribution in [3.63, 3.8) is 0 Å². The molecule has 4 heteroatoms. The zero-order valence-corrected chi connectivity index (χ0v) is 7.57. The fourth-order valence-corrected chi connectivity index (χ4v) is 1.45. The van der Waals surface area contributed by atoms with Crippen LogP contribution >= 0.6 is 27.5 Å². The van der Waals surface area contributed by atoms with Crippen LogP contribution in [0.2, 0.25) is 5.15 Å². The third-order valence-electron chi connectivity index (χ3n) is 1.11. The molecule has 0 aliphatic carbocycles. The van der Waals surface area contributed by atoms with Crippen LogP contribution in [0.5, 0.6) is 5.75 Å². The number of aromatic hydroxyl groups is 1. The molecule has 1 aromatic heterocycles. The van der Waals surface area contributed by atoms with E-state index in [4.69, 9.17) is 16.7 Å². The Balaban J connectivity index is 3.31. The van der Waals surface area contributed by atoms with Gasteiger partial charge >= 0.3 is 0 Å². The summed E-state index contributed by atoms with van der Waals surface area (Å²) in [7, 11) is 0. The first-order valence-electron chi connectivity index (χ1n) is 2.63. The molecule has 1 N–H and O–H groups in total. The van der Waals surface area contributed by atoms with Crippen molar-refractivity contribution in [1.82, 2.24) is 4.98 Å². The lowest BCUT2D eigenvalue weighted by atomic mass is 10.3. The van der Waals surface area contributed by atoms with Gasteiger partial charge in [0.1, 0.15) is 4.60 Å². The Morgan fingerprint density at radius 1 is 1.70 bits per heavy atom. The predicted octanol–water partition coefficient (Wildman–Crippen LogP) is 2.51. The van der Waals surface area contributed by atoms with Gasteiger partial charge in [0.15, 0.2) is 10.9 Å². The van der Waals surface area contributed by atoms with Crippen LogP contribution in [-0.2, 0) is 0 Å². The fourth-order valence-electron chi connectivity index (χ4n) is 0.589. The van der Waals surface area contributed by atoms with Gasteiger partial charge in [0.2, 0.25) is 0 Å². The second-order valence-corrected chi connectivity index (χ2v) is 3.07. The van der Waals surface area contributed by atoms with Gasteiger partial charge in [-0.05, 0) is 34.5 Å². The summed E-state index contributed by atoms with van der Waals surface area (Å²) in [6, 6.07) is 1.70. The standard InChI is InChI=1S/C6H5BrClNO/c1-3-2-4(7)9-6(8)5(3)10/h2,10H,1H3. The van der Waals surface area contributed by atoms with Gasteiger partial charge in [0.25, 0.3) is 0 Å². The molecule has 0 aromatic carbocycles. The van der Waals surface area contributed by atoms with E-state index in [1.807, 2.05) is 0 Å². The van der Waals surface area contributed by atoms with E-state index in [0.29, 0.717) is 10.2 Å². The molecule has 1 aromatic rings. The summed E-state index contributed by atoms with van der Waals surface area (Å²) in [4.78, 5) is 3.77. The molecule has 2 nitrogen and oxygen atoms in total. The maximum Gasteiger partial charge on any atom is 0.172 e. The molecule has 0 radical (unpaired) electrons. The normalized spacial score (nSPS) is 9.90. The van der Waals surface area contributed by atoms with E-state index in [1.54, 1.807) is 13.0 Å². The van der Waals surface area contributed by atoms with Gasteiger partial charge < -0.3 is 5.11 Å². The van der Waals surface area contributed by atoms with Crippen LogP contribution in [0.4, 0.5) is 0 Å². The second-order valence-electron chi connectivity index (χ2n) is 1.90. The summed E-state index contributed by atoms with van der Waals surface area (Å²) in [5.41, 5.74) is 0.715. The van der Waals surface area contributed by atoms with Crippen molar-refractivity contribution < 1.29 is 5.11 Å². The smallest absolute Gasteiger partial charge is 0.172 e. The first-order valence-corrected chi connectivity index (χ1v) is 3.80. The highest BCUT2D eigenvalue weighted by atomic mass is 79.9. The molecule has 0 saturated heterocycles. The Hall–Kier alpha value is -0.280. The Labute approximate surface area is 72.0 Å². The van der Waals surface area contributed by atoms with E-state index in [0.717, 1.165) is 0 Å². The molecule has 0 aliphatic rings. The molecule has 0 bridgehead atoms. The molecule has 0 saturated carbocycles. The Bertz CT molecular complexity index is 241. The minimum absolute atomic E-state index is 0.0462. The maximum absolute atomic E-state index is 9.12. The lowest BCUT2D eigenvalue weighted by molar-refractivity contribution is 0.468. The van der Waals surface area contributed by atoms with Crippen molar-refractivity contribution in [3.05, 3.63) is 21.4 Å². The van der Waals surface area contributed by atoms with Crippen molar-refractivity contribution in [2.45, 2.75) is 6.92 Å². The number of nitrogens with zero attached hydrogens (tertiary/aromatic N) is 1. The number of pyridine rings is 1. The number of aromatic nitrogens is 1. The summed E-state index contributed by atoms with van der Waals surface area (Å²) in [6.07, 6.45) is 0. The van der Waals surface area contributed by atoms with Crippen molar-refractivity contribution in [3.8, 4) is 5.75 Å². The minimum atomic E-state index is 0.0462. The van der Waals surface area contributed by atoms with Gasteiger partial charge in [0.05, 0.1) is 0 Å². The molecular weight excluding hydrogens is 217 g/mol. The Kier molecular flexibility index (Phi) is 2.16. The van der Waals surface area contributed by atoms with Gasteiger partial charge in [-0.15, -0.1) is 0 Å². The van der Waals surface area contributed by atoms with Gasteiger partial charge in [-0.3, -0.25) is 0 Å². The van der Waals surface area contributed by atoms with Crippen LogP contribution in [0.1, 0.15) is 5.56 Å². The van der Waals surface area contributed by atoms with Crippen LogP contribution in [0, 0.1) is 6.92 Å². The van der Waals surface area contributed by atoms with Crippen molar-refractivity contribution in [2.24, 2.45) is 0 Å². The van der Waals surface area contributed by atoms with E-state index in [-0.39, 0.29) is 10.9 Å². The zero-order chi connectivity index (χ0) is 7.72. The molecule has 1 rings (SSSR count). The van der Waals surface area contributed by atoms with Gasteiger partial charge in [0, 0.05) is 0 Å². The largest absolute Gasteiger partial charge is 0.505 e. The van der Waals surface area contributed by atoms with Gasteiger partial charge in [-0.25, -0.2) is 4.98 Å². The average molecular weight is 222 g/mol. The summed E-state index contributed by atoms with van der Waals surface area (Å²) in [5, 5.41) is 9.25. The molecule has 0 amide bonds. The number of rotatable bonds is 0.